The molecule has 2 aliphatic rings. The second-order valence-electron chi connectivity index (χ2n) is 6.46. The maximum Gasteiger partial charge on any atom is 0.208 e. The van der Waals surface area contributed by atoms with E-state index in [9.17, 15) is 0 Å². The van der Waals surface area contributed by atoms with Crippen molar-refractivity contribution in [1.82, 2.24) is 10.3 Å². The zero-order chi connectivity index (χ0) is 14.2. The van der Waals surface area contributed by atoms with E-state index in [2.05, 4.69) is 17.2 Å². The fraction of sp³-hybridized carbons (Fsp3) is 0.938. The summed E-state index contributed by atoms with van der Waals surface area (Å²) in [5, 5.41) is 0. The van der Waals surface area contributed by atoms with Crippen molar-refractivity contribution in [3.05, 3.63) is 0 Å². The highest BCUT2D eigenvalue weighted by atomic mass is 15.4. The summed E-state index contributed by atoms with van der Waals surface area (Å²) in [4.78, 5) is 7.28. The second kappa shape index (κ2) is 8.50. The third-order valence-corrected chi connectivity index (χ3v) is 4.85. The largest absolute Gasteiger partial charge is 0.342 e. The van der Waals surface area contributed by atoms with Gasteiger partial charge in [-0.1, -0.05) is 39.0 Å². The second-order valence-corrected chi connectivity index (χ2v) is 6.46. The molecule has 4 nitrogen and oxygen atoms in total. The number of nitrogens with one attached hydrogen (secondary N) is 1. The zero-order valence-corrected chi connectivity index (χ0v) is 13.1. The van der Waals surface area contributed by atoms with Gasteiger partial charge < -0.3 is 4.90 Å². The van der Waals surface area contributed by atoms with Crippen molar-refractivity contribution in [2.45, 2.75) is 77.2 Å². The van der Waals surface area contributed by atoms with Crippen LogP contribution in [0.3, 0.4) is 0 Å². The minimum atomic E-state index is 0.490. The average molecular weight is 280 g/mol. The van der Waals surface area contributed by atoms with E-state index in [-0.39, 0.29) is 0 Å². The Labute approximate surface area is 124 Å². The van der Waals surface area contributed by atoms with Gasteiger partial charge in [0.1, 0.15) is 0 Å². The summed E-state index contributed by atoms with van der Waals surface area (Å²) in [6, 6.07) is 0.490. The van der Waals surface area contributed by atoms with Gasteiger partial charge in [-0.2, -0.15) is 0 Å². The molecular weight excluding hydrogens is 248 g/mol. The molecule has 0 radical (unpaired) electrons. The van der Waals surface area contributed by atoms with Gasteiger partial charge in [-0.3, -0.25) is 5.43 Å². The van der Waals surface area contributed by atoms with Gasteiger partial charge in [-0.25, -0.2) is 10.8 Å². The van der Waals surface area contributed by atoms with Crippen molar-refractivity contribution in [2.24, 2.45) is 16.8 Å². The first kappa shape index (κ1) is 15.6. The third kappa shape index (κ3) is 4.65. The lowest BCUT2D eigenvalue weighted by molar-refractivity contribution is 0.383. The maximum atomic E-state index is 5.74. The zero-order valence-electron chi connectivity index (χ0n) is 13.1. The van der Waals surface area contributed by atoms with Gasteiger partial charge in [-0.15, -0.1) is 0 Å². The molecule has 1 unspecified atom stereocenters. The fourth-order valence-corrected chi connectivity index (χ4v) is 3.67. The van der Waals surface area contributed by atoms with Gasteiger partial charge in [0.05, 0.1) is 6.04 Å². The number of hydrogen-bond acceptors (Lipinski definition) is 2. The van der Waals surface area contributed by atoms with Crippen LogP contribution in [0.25, 0.3) is 0 Å². The number of guanidine groups is 1. The molecule has 1 aliphatic carbocycles. The smallest absolute Gasteiger partial charge is 0.208 e. The number of nitrogens with zero attached hydrogens (tertiary/aromatic N) is 2. The number of rotatable bonds is 3. The van der Waals surface area contributed by atoms with E-state index in [4.69, 9.17) is 10.8 Å². The molecule has 4 heteroatoms. The molecule has 0 amide bonds. The molecule has 20 heavy (non-hydrogen) atoms. The highest BCUT2D eigenvalue weighted by Crippen LogP contribution is 2.23. The molecule has 116 valence electrons. The van der Waals surface area contributed by atoms with E-state index in [1.54, 1.807) is 0 Å². The van der Waals surface area contributed by atoms with Gasteiger partial charge >= 0.3 is 0 Å². The van der Waals surface area contributed by atoms with Gasteiger partial charge in [0.2, 0.25) is 5.96 Å². The summed E-state index contributed by atoms with van der Waals surface area (Å²) in [5.74, 6) is 7.58. The molecule has 1 saturated carbocycles. The lowest BCUT2D eigenvalue weighted by Gasteiger charge is -2.26. The summed E-state index contributed by atoms with van der Waals surface area (Å²) in [6.07, 6.45) is 13.1. The van der Waals surface area contributed by atoms with Crippen LogP contribution in [0.4, 0.5) is 0 Å². The van der Waals surface area contributed by atoms with Gasteiger partial charge in [0, 0.05) is 13.1 Å². The molecule has 0 spiro atoms. The molecule has 1 saturated heterocycles. The molecule has 2 fully saturated rings. The summed E-state index contributed by atoms with van der Waals surface area (Å²) in [5.41, 5.74) is 2.87. The Kier molecular flexibility index (Phi) is 6.64. The van der Waals surface area contributed by atoms with Crippen molar-refractivity contribution < 1.29 is 0 Å². The van der Waals surface area contributed by atoms with E-state index in [0.29, 0.717) is 6.04 Å². The van der Waals surface area contributed by atoms with E-state index in [0.717, 1.165) is 25.0 Å². The van der Waals surface area contributed by atoms with E-state index in [1.165, 1.54) is 64.2 Å². The van der Waals surface area contributed by atoms with Gasteiger partial charge in [0.15, 0.2) is 0 Å². The van der Waals surface area contributed by atoms with Crippen LogP contribution in [0.15, 0.2) is 4.99 Å². The van der Waals surface area contributed by atoms with Crippen LogP contribution < -0.4 is 11.3 Å². The average Bonchev–Trinajstić information content (AvgIpc) is 2.72. The van der Waals surface area contributed by atoms with Crippen LogP contribution in [0.5, 0.6) is 0 Å². The lowest BCUT2D eigenvalue weighted by atomic mass is 9.96. The molecule has 1 atom stereocenters. The van der Waals surface area contributed by atoms with Crippen molar-refractivity contribution in [2.75, 3.05) is 13.1 Å². The normalized spacial score (nSPS) is 26.4. The first-order chi connectivity index (χ1) is 9.83. The van der Waals surface area contributed by atoms with Crippen molar-refractivity contribution >= 4 is 5.96 Å². The van der Waals surface area contributed by atoms with Crippen molar-refractivity contribution in [3.8, 4) is 0 Å². The van der Waals surface area contributed by atoms with Gasteiger partial charge in [-0.05, 0) is 38.0 Å². The fourth-order valence-electron chi connectivity index (χ4n) is 3.67. The van der Waals surface area contributed by atoms with Gasteiger partial charge in [0.25, 0.3) is 0 Å². The quantitative estimate of drug-likeness (QED) is 0.361. The molecular formula is C16H32N4. The van der Waals surface area contributed by atoms with E-state index >= 15 is 0 Å². The maximum absolute atomic E-state index is 5.74. The minimum absolute atomic E-state index is 0.490. The first-order valence-corrected chi connectivity index (χ1v) is 8.62. The molecule has 0 aromatic rings. The van der Waals surface area contributed by atoms with E-state index < -0.39 is 0 Å². The predicted molar refractivity (Wildman–Crippen MR) is 85.5 cm³/mol. The topological polar surface area (TPSA) is 53.6 Å². The summed E-state index contributed by atoms with van der Waals surface area (Å²) in [6.45, 7) is 4.51. The SMILES string of the molecule is CCCC1CCCN(C(=NC2CCCCC2)NN)CC1. The molecule has 1 aliphatic heterocycles. The highest BCUT2D eigenvalue weighted by molar-refractivity contribution is 5.79. The Balaban J connectivity index is 1.91. The van der Waals surface area contributed by atoms with E-state index in [1.807, 2.05) is 0 Å². The Hall–Kier alpha value is -0.770. The predicted octanol–water partition coefficient (Wildman–Crippen LogP) is 3.04. The lowest BCUT2D eigenvalue weighted by Crippen LogP contribution is -2.46. The number of nitrogens with two attached hydrogens (primary N) is 1. The summed E-state index contributed by atoms with van der Waals surface area (Å²) in [7, 11) is 0. The monoisotopic (exact) mass is 280 g/mol. The molecule has 0 aromatic carbocycles. The number of aliphatic imine (C=N–C) groups is 1. The molecule has 3 N–H and O–H groups in total. The highest BCUT2D eigenvalue weighted by Gasteiger charge is 2.20. The van der Waals surface area contributed by atoms with Crippen LogP contribution >= 0.6 is 0 Å². The Morgan fingerprint density at radius 3 is 2.60 bits per heavy atom. The molecule has 2 rings (SSSR count). The number of hydrogen-bond donors (Lipinski definition) is 2. The molecule has 1 heterocycles. The van der Waals surface area contributed by atoms with Crippen molar-refractivity contribution in [1.29, 1.82) is 0 Å². The van der Waals surface area contributed by atoms with Crippen LogP contribution in [-0.4, -0.2) is 30.0 Å². The van der Waals surface area contributed by atoms with Crippen LogP contribution in [0, 0.1) is 5.92 Å². The molecule has 0 aromatic heterocycles. The third-order valence-electron chi connectivity index (χ3n) is 4.85. The Morgan fingerprint density at radius 1 is 1.10 bits per heavy atom. The van der Waals surface area contributed by atoms with Crippen molar-refractivity contribution in [3.63, 3.8) is 0 Å². The Morgan fingerprint density at radius 2 is 1.90 bits per heavy atom. The summed E-state index contributed by atoms with van der Waals surface area (Å²) >= 11 is 0. The number of likely N-dealkylation sites (tertiary alicyclic amines) is 1. The minimum Gasteiger partial charge on any atom is -0.342 e. The molecule has 0 bridgehead atoms. The summed E-state index contributed by atoms with van der Waals surface area (Å²) < 4.78 is 0. The number of hydrazine groups is 1. The van der Waals surface area contributed by atoms with Crippen LogP contribution in [-0.2, 0) is 0 Å². The standard InChI is InChI=1S/C16H32N4/c1-2-7-14-8-6-12-20(13-11-14)16(19-17)18-15-9-4-3-5-10-15/h14-15H,2-13,17H2,1H3,(H,18,19). The van der Waals surface area contributed by atoms with Crippen LogP contribution in [0.1, 0.15) is 71.1 Å². The first-order valence-electron chi connectivity index (χ1n) is 8.62. The Bertz CT molecular complexity index is 297. The van der Waals surface area contributed by atoms with Crippen LogP contribution in [0.2, 0.25) is 0 Å².